The van der Waals surface area contributed by atoms with E-state index in [1.165, 1.54) is 11.8 Å². The molecule has 100 valence electrons. The van der Waals surface area contributed by atoms with Crippen LogP contribution in [0.2, 0.25) is 0 Å². The Morgan fingerprint density at radius 2 is 2.37 bits per heavy atom. The van der Waals surface area contributed by atoms with Gasteiger partial charge >= 0.3 is 5.97 Å². The molecule has 0 aromatic carbocycles. The van der Waals surface area contributed by atoms with Gasteiger partial charge in [-0.15, -0.1) is 0 Å². The second-order valence-electron chi connectivity index (χ2n) is 5.02. The van der Waals surface area contributed by atoms with Crippen LogP contribution in [0.3, 0.4) is 0 Å². The highest BCUT2D eigenvalue weighted by Gasteiger charge is 2.30. The van der Waals surface area contributed by atoms with Crippen molar-refractivity contribution < 1.29 is 9.90 Å². The van der Waals surface area contributed by atoms with Crippen molar-refractivity contribution in [1.29, 1.82) is 0 Å². The van der Waals surface area contributed by atoms with Crippen molar-refractivity contribution >= 4 is 28.9 Å². The van der Waals surface area contributed by atoms with Gasteiger partial charge in [0.2, 0.25) is 0 Å². The van der Waals surface area contributed by atoms with E-state index in [0.717, 1.165) is 35.1 Å². The van der Waals surface area contributed by atoms with E-state index in [1.807, 2.05) is 12.1 Å². The summed E-state index contributed by atoms with van der Waals surface area (Å²) in [6, 6.07) is 4.19. The Morgan fingerprint density at radius 1 is 1.58 bits per heavy atom. The number of imidazole rings is 1. The topological polar surface area (TPSA) is 68.0 Å². The van der Waals surface area contributed by atoms with E-state index in [-0.39, 0.29) is 5.75 Å². The molecule has 3 rings (SSSR count). The summed E-state index contributed by atoms with van der Waals surface area (Å²) >= 11 is 1.27. The number of carboxylic acid groups (broad SMARTS) is 1. The molecule has 2 heterocycles. The third kappa shape index (κ3) is 2.32. The fourth-order valence-corrected chi connectivity index (χ4v) is 3.33. The predicted octanol–water partition coefficient (Wildman–Crippen LogP) is 2.58. The molecule has 0 saturated heterocycles. The highest BCUT2D eigenvalue weighted by atomic mass is 32.2. The Kier molecular flexibility index (Phi) is 3.18. The first-order valence-electron chi connectivity index (χ1n) is 6.32. The highest BCUT2D eigenvalue weighted by Crippen LogP contribution is 2.41. The SMILES string of the molecule is CC1CC(n2c(SCC(=O)O)nc3cccnc32)C1. The quantitative estimate of drug-likeness (QED) is 0.870. The molecule has 0 bridgehead atoms. The van der Waals surface area contributed by atoms with E-state index in [0.29, 0.717) is 6.04 Å². The van der Waals surface area contributed by atoms with Gasteiger partial charge in [0.05, 0.1) is 5.75 Å². The fraction of sp³-hybridized carbons (Fsp3) is 0.462. The zero-order valence-electron chi connectivity index (χ0n) is 10.6. The number of nitrogens with zero attached hydrogens (tertiary/aromatic N) is 3. The molecule has 2 aromatic heterocycles. The summed E-state index contributed by atoms with van der Waals surface area (Å²) in [6.07, 6.45) is 3.99. The second-order valence-corrected chi connectivity index (χ2v) is 5.97. The molecule has 6 heteroatoms. The standard InChI is InChI=1S/C13H15N3O2S/c1-8-5-9(6-8)16-12-10(3-2-4-14-12)15-13(16)19-7-11(17)18/h2-4,8-9H,5-7H2,1H3,(H,17,18). The lowest BCUT2D eigenvalue weighted by Gasteiger charge is -2.34. The first-order chi connectivity index (χ1) is 9.15. The molecule has 0 atom stereocenters. The Hall–Kier alpha value is -1.56. The average Bonchev–Trinajstić information content (AvgIpc) is 2.70. The molecular formula is C13H15N3O2S. The third-order valence-corrected chi connectivity index (χ3v) is 4.39. The predicted molar refractivity (Wildman–Crippen MR) is 73.3 cm³/mol. The number of hydrogen-bond donors (Lipinski definition) is 1. The van der Waals surface area contributed by atoms with Gasteiger partial charge < -0.3 is 9.67 Å². The van der Waals surface area contributed by atoms with Gasteiger partial charge in [-0.2, -0.15) is 0 Å². The minimum atomic E-state index is -0.821. The Balaban J connectivity index is 1.99. The highest BCUT2D eigenvalue weighted by molar-refractivity contribution is 7.99. The molecule has 0 spiro atoms. The van der Waals surface area contributed by atoms with Crippen LogP contribution in [-0.2, 0) is 4.79 Å². The van der Waals surface area contributed by atoms with Crippen LogP contribution in [0.1, 0.15) is 25.8 Å². The lowest BCUT2D eigenvalue weighted by molar-refractivity contribution is -0.133. The Morgan fingerprint density at radius 3 is 3.05 bits per heavy atom. The number of hydrogen-bond acceptors (Lipinski definition) is 4. The number of aromatic nitrogens is 3. The number of thioether (sulfide) groups is 1. The molecular weight excluding hydrogens is 262 g/mol. The largest absolute Gasteiger partial charge is 0.481 e. The molecule has 0 unspecified atom stereocenters. The number of carbonyl (C=O) groups is 1. The van der Waals surface area contributed by atoms with Crippen molar-refractivity contribution in [1.82, 2.24) is 14.5 Å². The van der Waals surface area contributed by atoms with Gasteiger partial charge in [-0.05, 0) is 30.9 Å². The molecule has 19 heavy (non-hydrogen) atoms. The summed E-state index contributed by atoms with van der Waals surface area (Å²) in [5, 5.41) is 9.59. The summed E-state index contributed by atoms with van der Waals surface area (Å²) in [6.45, 7) is 2.23. The van der Waals surface area contributed by atoms with E-state index in [9.17, 15) is 4.79 Å². The first kappa shape index (κ1) is 12.5. The Labute approximate surface area is 115 Å². The molecule has 1 fully saturated rings. The van der Waals surface area contributed by atoms with Crippen LogP contribution >= 0.6 is 11.8 Å². The van der Waals surface area contributed by atoms with Gasteiger partial charge in [-0.3, -0.25) is 4.79 Å². The lowest BCUT2D eigenvalue weighted by Crippen LogP contribution is -2.25. The Bertz CT molecular complexity index is 619. The second kappa shape index (κ2) is 4.85. The van der Waals surface area contributed by atoms with Crippen LogP contribution in [0, 0.1) is 5.92 Å². The van der Waals surface area contributed by atoms with Gasteiger partial charge in [0.15, 0.2) is 10.8 Å². The maximum absolute atomic E-state index is 10.7. The van der Waals surface area contributed by atoms with Crippen LogP contribution in [0.25, 0.3) is 11.2 Å². The lowest BCUT2D eigenvalue weighted by atomic mass is 9.82. The van der Waals surface area contributed by atoms with E-state index in [1.54, 1.807) is 6.20 Å². The zero-order valence-corrected chi connectivity index (χ0v) is 11.4. The molecule has 0 radical (unpaired) electrons. The smallest absolute Gasteiger partial charge is 0.313 e. The summed E-state index contributed by atoms with van der Waals surface area (Å²) < 4.78 is 2.11. The van der Waals surface area contributed by atoms with Crippen LogP contribution in [0.5, 0.6) is 0 Å². The third-order valence-electron chi connectivity index (χ3n) is 3.46. The number of rotatable bonds is 4. The average molecular weight is 277 g/mol. The summed E-state index contributed by atoms with van der Waals surface area (Å²) in [4.78, 5) is 19.6. The summed E-state index contributed by atoms with van der Waals surface area (Å²) in [5.41, 5.74) is 1.71. The van der Waals surface area contributed by atoms with Gasteiger partial charge in [0.1, 0.15) is 5.52 Å². The van der Waals surface area contributed by atoms with Crippen molar-refractivity contribution in [3.8, 4) is 0 Å². The monoisotopic (exact) mass is 277 g/mol. The van der Waals surface area contributed by atoms with Crippen molar-refractivity contribution in [2.24, 2.45) is 5.92 Å². The normalized spacial score (nSPS) is 22.4. The molecule has 0 aliphatic heterocycles. The van der Waals surface area contributed by atoms with Gasteiger partial charge in [-0.25, -0.2) is 9.97 Å². The van der Waals surface area contributed by atoms with Gasteiger partial charge in [-0.1, -0.05) is 18.7 Å². The van der Waals surface area contributed by atoms with Gasteiger partial charge in [0, 0.05) is 12.2 Å². The number of pyridine rings is 1. The van der Waals surface area contributed by atoms with Crippen molar-refractivity contribution in [3.63, 3.8) is 0 Å². The summed E-state index contributed by atoms with van der Waals surface area (Å²) in [7, 11) is 0. The first-order valence-corrected chi connectivity index (χ1v) is 7.31. The van der Waals surface area contributed by atoms with E-state index < -0.39 is 5.97 Å². The van der Waals surface area contributed by atoms with Crippen LogP contribution < -0.4 is 0 Å². The minimum absolute atomic E-state index is 0.0333. The number of aliphatic carboxylic acids is 1. The van der Waals surface area contributed by atoms with Crippen molar-refractivity contribution in [3.05, 3.63) is 18.3 Å². The zero-order chi connectivity index (χ0) is 13.4. The molecule has 2 aromatic rings. The van der Waals surface area contributed by atoms with Crippen LogP contribution in [-0.4, -0.2) is 31.4 Å². The fourth-order valence-electron chi connectivity index (χ4n) is 2.54. The molecule has 1 aliphatic carbocycles. The number of carboxylic acids is 1. The maximum Gasteiger partial charge on any atom is 0.313 e. The molecule has 0 amide bonds. The van der Waals surface area contributed by atoms with Crippen LogP contribution in [0.4, 0.5) is 0 Å². The van der Waals surface area contributed by atoms with Crippen molar-refractivity contribution in [2.45, 2.75) is 31.0 Å². The maximum atomic E-state index is 10.7. The number of fused-ring (bicyclic) bond motifs is 1. The van der Waals surface area contributed by atoms with Crippen molar-refractivity contribution in [2.75, 3.05) is 5.75 Å². The molecule has 1 aliphatic rings. The van der Waals surface area contributed by atoms with E-state index in [4.69, 9.17) is 5.11 Å². The molecule has 5 nitrogen and oxygen atoms in total. The van der Waals surface area contributed by atoms with E-state index >= 15 is 0 Å². The van der Waals surface area contributed by atoms with Crippen LogP contribution in [0.15, 0.2) is 23.5 Å². The molecule has 1 N–H and O–H groups in total. The molecule has 1 saturated carbocycles. The summed E-state index contributed by atoms with van der Waals surface area (Å²) in [5.74, 6) is -0.0620. The van der Waals surface area contributed by atoms with Gasteiger partial charge in [0.25, 0.3) is 0 Å². The van der Waals surface area contributed by atoms with E-state index in [2.05, 4.69) is 21.5 Å². The minimum Gasteiger partial charge on any atom is -0.481 e.